The Kier molecular flexibility index (Phi) is 11.4. The average molecular weight is 406 g/mol. The van der Waals surface area contributed by atoms with Crippen molar-refractivity contribution in [1.29, 1.82) is 0 Å². The number of nitrogens with one attached hydrogen (secondary N) is 2. The number of rotatable bonds is 13. The number of aryl methyl sites for hydroxylation is 1. The highest BCUT2D eigenvalue weighted by molar-refractivity contribution is 5.87. The molecular weight excluding hydrogens is 373 g/mol. The molecule has 2 N–H and O–H groups in total. The minimum absolute atomic E-state index is 0.155. The van der Waals surface area contributed by atoms with Crippen LogP contribution in [0.3, 0.4) is 0 Å². The Labute approximate surface area is 173 Å². The number of halogens is 1. The van der Waals surface area contributed by atoms with Crippen molar-refractivity contribution in [3.8, 4) is 18.1 Å². The lowest BCUT2D eigenvalue weighted by atomic mass is 10.1. The van der Waals surface area contributed by atoms with Crippen LogP contribution >= 0.6 is 0 Å². The van der Waals surface area contributed by atoms with Crippen molar-refractivity contribution in [1.82, 2.24) is 15.5 Å². The van der Waals surface area contributed by atoms with Gasteiger partial charge < -0.3 is 20.3 Å². The first-order chi connectivity index (χ1) is 13.9. The van der Waals surface area contributed by atoms with Crippen LogP contribution in [0.5, 0.6) is 5.75 Å². The molecule has 1 unspecified atom stereocenters. The number of nitrogens with zero attached hydrogens (tertiary/aromatic N) is 1. The van der Waals surface area contributed by atoms with Crippen LogP contribution in [0.1, 0.15) is 37.7 Å². The Bertz CT molecular complexity index is 703. The third kappa shape index (κ3) is 8.97. The van der Waals surface area contributed by atoms with Crippen LogP contribution in [0, 0.1) is 25.1 Å². The van der Waals surface area contributed by atoms with E-state index in [1.165, 1.54) is 11.0 Å². The van der Waals surface area contributed by atoms with Gasteiger partial charge in [0.05, 0.1) is 6.61 Å². The highest BCUT2D eigenvalue weighted by Crippen LogP contribution is 2.18. The first-order valence-corrected chi connectivity index (χ1v) is 9.91. The fourth-order valence-electron chi connectivity index (χ4n) is 2.75. The summed E-state index contributed by atoms with van der Waals surface area (Å²) in [6.45, 7) is 3.45. The van der Waals surface area contributed by atoms with Crippen molar-refractivity contribution in [2.24, 2.45) is 0 Å². The van der Waals surface area contributed by atoms with Gasteiger partial charge in [-0.25, -0.2) is 4.39 Å². The molecule has 0 heterocycles. The quantitative estimate of drug-likeness (QED) is 0.390. The summed E-state index contributed by atoms with van der Waals surface area (Å²) in [6, 6.07) is 4.12. The molecule has 1 aromatic carbocycles. The molecule has 0 saturated heterocycles. The molecule has 0 fully saturated rings. The van der Waals surface area contributed by atoms with Crippen LogP contribution in [-0.2, 0) is 9.59 Å². The topological polar surface area (TPSA) is 70.7 Å². The third-order valence-corrected chi connectivity index (χ3v) is 4.51. The lowest BCUT2D eigenvalue weighted by Crippen LogP contribution is -2.47. The zero-order valence-corrected chi connectivity index (χ0v) is 17.6. The second-order valence-corrected chi connectivity index (χ2v) is 6.92. The van der Waals surface area contributed by atoms with E-state index in [2.05, 4.69) is 16.6 Å². The summed E-state index contributed by atoms with van der Waals surface area (Å²) in [6.07, 6.45) is 7.77. The van der Waals surface area contributed by atoms with Crippen molar-refractivity contribution >= 4 is 11.8 Å². The van der Waals surface area contributed by atoms with Crippen LogP contribution in [0.15, 0.2) is 18.2 Å². The van der Waals surface area contributed by atoms with Gasteiger partial charge in [-0.05, 0) is 57.5 Å². The van der Waals surface area contributed by atoms with Gasteiger partial charge in [0.15, 0.2) is 11.6 Å². The van der Waals surface area contributed by atoms with Crippen molar-refractivity contribution in [2.45, 2.75) is 45.1 Å². The van der Waals surface area contributed by atoms with Crippen LogP contribution < -0.4 is 15.4 Å². The molecule has 29 heavy (non-hydrogen) atoms. The fourth-order valence-corrected chi connectivity index (χ4v) is 2.75. The molecule has 0 bridgehead atoms. The highest BCUT2D eigenvalue weighted by Gasteiger charge is 2.25. The zero-order chi connectivity index (χ0) is 21.6. The maximum atomic E-state index is 13.7. The number of carbonyl (C=O) groups is 2. The molecule has 0 spiro atoms. The number of likely N-dealkylation sites (N-methyl/N-ethyl adjacent to an activating group) is 1. The van der Waals surface area contributed by atoms with Crippen molar-refractivity contribution in [3.05, 3.63) is 29.6 Å². The van der Waals surface area contributed by atoms with Crippen LogP contribution in [0.4, 0.5) is 4.39 Å². The molecule has 2 amide bonds. The molecule has 0 aliphatic heterocycles. The molecule has 0 aliphatic carbocycles. The van der Waals surface area contributed by atoms with E-state index >= 15 is 0 Å². The third-order valence-electron chi connectivity index (χ3n) is 4.51. The molecule has 1 atom stereocenters. The Balaban J connectivity index is 2.39. The number of ether oxygens (including phenoxy) is 1. The number of hydrogen-bond acceptors (Lipinski definition) is 4. The van der Waals surface area contributed by atoms with E-state index in [-0.39, 0.29) is 30.4 Å². The van der Waals surface area contributed by atoms with E-state index in [0.717, 1.165) is 18.5 Å². The Morgan fingerprint density at radius 3 is 2.69 bits per heavy atom. The molecule has 0 saturated carbocycles. The van der Waals surface area contributed by atoms with E-state index in [1.807, 2.05) is 14.0 Å². The predicted octanol–water partition coefficient (Wildman–Crippen LogP) is 2.26. The van der Waals surface area contributed by atoms with Gasteiger partial charge >= 0.3 is 0 Å². The maximum absolute atomic E-state index is 13.7. The summed E-state index contributed by atoms with van der Waals surface area (Å²) >= 11 is 0. The summed E-state index contributed by atoms with van der Waals surface area (Å²) in [5, 5.41) is 5.82. The van der Waals surface area contributed by atoms with Crippen molar-refractivity contribution in [2.75, 3.05) is 33.8 Å². The van der Waals surface area contributed by atoms with Gasteiger partial charge in [-0.15, -0.1) is 12.3 Å². The molecule has 1 rings (SSSR count). The molecule has 7 heteroatoms. The smallest absolute Gasteiger partial charge is 0.243 e. The largest absolute Gasteiger partial charge is 0.491 e. The number of unbranched alkanes of at least 4 members (excludes halogenated alkanes) is 1. The molecule has 0 aliphatic rings. The van der Waals surface area contributed by atoms with E-state index in [9.17, 15) is 14.0 Å². The summed E-state index contributed by atoms with van der Waals surface area (Å²) in [5.41, 5.74) is 0.830. The average Bonchev–Trinajstić information content (AvgIpc) is 2.69. The first kappa shape index (κ1) is 24.4. The number of benzene rings is 1. The fraction of sp³-hybridized carbons (Fsp3) is 0.545. The van der Waals surface area contributed by atoms with Crippen molar-refractivity contribution < 1.29 is 18.7 Å². The predicted molar refractivity (Wildman–Crippen MR) is 112 cm³/mol. The molecule has 0 radical (unpaired) electrons. The summed E-state index contributed by atoms with van der Waals surface area (Å²) < 4.78 is 19.1. The molecule has 1 aromatic rings. The minimum Gasteiger partial charge on any atom is -0.491 e. The second kappa shape index (κ2) is 13.6. The maximum Gasteiger partial charge on any atom is 0.243 e. The lowest BCUT2D eigenvalue weighted by molar-refractivity contribution is -0.138. The second-order valence-electron chi connectivity index (χ2n) is 6.92. The van der Waals surface area contributed by atoms with Crippen LogP contribution in [0.25, 0.3) is 0 Å². The summed E-state index contributed by atoms with van der Waals surface area (Å²) in [4.78, 5) is 26.2. The van der Waals surface area contributed by atoms with Crippen molar-refractivity contribution in [3.63, 3.8) is 0 Å². The van der Waals surface area contributed by atoms with E-state index < -0.39 is 11.9 Å². The van der Waals surface area contributed by atoms with Crippen LogP contribution in [-0.4, -0.2) is 56.5 Å². The summed E-state index contributed by atoms with van der Waals surface area (Å²) in [5.74, 6) is 1.89. The zero-order valence-electron chi connectivity index (χ0n) is 17.6. The number of hydrogen-bond donors (Lipinski definition) is 2. The Morgan fingerprint density at radius 2 is 2.03 bits per heavy atom. The number of amides is 2. The van der Waals surface area contributed by atoms with Gasteiger partial charge in [-0.2, -0.15) is 0 Å². The molecule has 160 valence electrons. The van der Waals surface area contributed by atoms with E-state index in [0.29, 0.717) is 26.0 Å². The number of carbonyl (C=O) groups excluding carboxylic acids is 2. The number of terminal acetylenes is 1. The Morgan fingerprint density at radius 1 is 1.28 bits per heavy atom. The normalized spacial score (nSPS) is 11.4. The van der Waals surface area contributed by atoms with Gasteiger partial charge in [-0.3, -0.25) is 9.59 Å². The summed E-state index contributed by atoms with van der Waals surface area (Å²) in [7, 11) is 3.44. The van der Waals surface area contributed by atoms with Gasteiger partial charge in [-0.1, -0.05) is 6.07 Å². The monoisotopic (exact) mass is 405 g/mol. The van der Waals surface area contributed by atoms with Gasteiger partial charge in [0.1, 0.15) is 6.04 Å². The van der Waals surface area contributed by atoms with Gasteiger partial charge in [0.2, 0.25) is 11.8 Å². The van der Waals surface area contributed by atoms with Gasteiger partial charge in [0, 0.05) is 26.4 Å². The van der Waals surface area contributed by atoms with E-state index in [1.54, 1.807) is 19.2 Å². The molecule has 0 aromatic heterocycles. The lowest BCUT2D eigenvalue weighted by Gasteiger charge is -2.26. The van der Waals surface area contributed by atoms with Gasteiger partial charge in [0.25, 0.3) is 0 Å². The van der Waals surface area contributed by atoms with E-state index in [4.69, 9.17) is 11.2 Å². The molecule has 6 nitrogen and oxygen atoms in total. The SMILES string of the molecule is C#CCC(C(=O)NCCCNC)N(C)C(=O)CCCCOc1ccc(C)cc1F. The highest BCUT2D eigenvalue weighted by atomic mass is 19.1. The molecular formula is C22H32FN3O3. The first-order valence-electron chi connectivity index (χ1n) is 9.91. The Hall–Kier alpha value is -2.59. The van der Waals surface area contributed by atoms with Crippen LogP contribution in [0.2, 0.25) is 0 Å². The minimum atomic E-state index is -0.681. The standard InChI is InChI=1S/C22H32FN3O3/c1-5-9-19(22(28)25-14-8-13-24-3)26(4)21(27)10-6-7-15-29-20-12-11-17(2)16-18(20)23/h1,11-12,16,19,24H,6-10,13-15H2,2-4H3,(H,25,28).